The fourth-order valence-corrected chi connectivity index (χ4v) is 7.84. The fraction of sp³-hybridized carbons (Fsp3) is 0.878. The van der Waals surface area contributed by atoms with Crippen LogP contribution in [0.4, 0.5) is 14.4 Å². The molecule has 16 heteroatoms. The van der Waals surface area contributed by atoms with E-state index in [2.05, 4.69) is 16.0 Å². The van der Waals surface area contributed by atoms with Crippen molar-refractivity contribution in [3.63, 3.8) is 0 Å². The van der Waals surface area contributed by atoms with Crippen LogP contribution in [0.3, 0.4) is 0 Å². The van der Waals surface area contributed by atoms with Gasteiger partial charge in [-0.25, -0.2) is 14.4 Å². The molecule has 1 aliphatic carbocycles. The van der Waals surface area contributed by atoms with Gasteiger partial charge in [0.25, 0.3) is 0 Å². The van der Waals surface area contributed by atoms with Gasteiger partial charge in [-0.3, -0.25) is 0 Å². The predicted molar refractivity (Wildman–Crippen MR) is 213 cm³/mol. The van der Waals surface area contributed by atoms with E-state index in [0.29, 0.717) is 38.8 Å². The van der Waals surface area contributed by atoms with Crippen molar-refractivity contribution < 1.29 is 58.1 Å². The Labute approximate surface area is 340 Å². The lowest BCUT2D eigenvalue weighted by Crippen LogP contribution is -2.69. The van der Waals surface area contributed by atoms with E-state index >= 15 is 0 Å². The molecule has 16 nitrogen and oxygen atoms in total. The summed E-state index contributed by atoms with van der Waals surface area (Å²) >= 11 is 0. The Hall–Kier alpha value is -2.89. The normalized spacial score (nSPS) is 32.4. The zero-order valence-corrected chi connectivity index (χ0v) is 36.8. The zero-order chi connectivity index (χ0) is 43.3. The van der Waals surface area contributed by atoms with E-state index in [4.69, 9.17) is 28.4 Å². The van der Waals surface area contributed by atoms with Gasteiger partial charge in [0.15, 0.2) is 6.29 Å². The molecule has 2 fully saturated rings. The SMILES string of the molecule is CCC1=CCC(NCCCNC(=O)OC(C)(C)C)C(C2C(NC(=O)OC(C)(C)C)CC(C(C)C)C(OC3OCC(C)(O)C(N(C)C(=O)OC(C)(C)C)C3O)C2O)O1. The molecule has 6 N–H and O–H groups in total. The first-order chi connectivity index (χ1) is 26.1. The van der Waals surface area contributed by atoms with Crippen LogP contribution in [0.5, 0.6) is 0 Å². The number of aliphatic hydroxyl groups is 3. The number of aliphatic hydroxyl groups excluding tert-OH is 2. The Morgan fingerprint density at radius 1 is 0.930 bits per heavy atom. The monoisotopic (exact) mass is 815 g/mol. The fourth-order valence-electron chi connectivity index (χ4n) is 7.84. The molecule has 3 rings (SSSR count). The first-order valence-corrected chi connectivity index (χ1v) is 20.5. The molecule has 0 aromatic heterocycles. The molecule has 0 aromatic carbocycles. The summed E-state index contributed by atoms with van der Waals surface area (Å²) in [5, 5.41) is 45.1. The Morgan fingerprint density at radius 3 is 2.09 bits per heavy atom. The van der Waals surface area contributed by atoms with Gasteiger partial charge in [-0.15, -0.1) is 0 Å². The van der Waals surface area contributed by atoms with E-state index in [0.717, 1.165) is 10.7 Å². The van der Waals surface area contributed by atoms with Crippen LogP contribution < -0.4 is 16.0 Å². The standard InChI is InChI=1S/C41H74N4O12/c1-15-24-17-18-26(42-19-16-20-43-35(48)55-38(4,5)6)32(53-24)28-27(44-36(49)56-39(7,8)9)21-25(23(2)3)31(29(28)46)54-34-30(47)33(41(13,51)22-52-34)45(14)37(50)57-40(10,11)12/h17,23,25-34,42,46-47,51H,15-16,18-22H2,1-14H3,(H,43,48)(H,44,49). The number of nitrogens with one attached hydrogen (secondary N) is 3. The zero-order valence-electron chi connectivity index (χ0n) is 36.8. The number of amides is 3. The topological polar surface area (TPSA) is 207 Å². The minimum Gasteiger partial charge on any atom is -0.493 e. The first-order valence-electron chi connectivity index (χ1n) is 20.5. The van der Waals surface area contributed by atoms with Gasteiger partial charge in [0.1, 0.15) is 34.6 Å². The number of hydrogen-bond acceptors (Lipinski definition) is 13. The van der Waals surface area contributed by atoms with E-state index in [1.165, 1.54) is 14.0 Å². The molecule has 11 unspecified atom stereocenters. The number of hydrogen-bond donors (Lipinski definition) is 6. The van der Waals surface area contributed by atoms with Crippen molar-refractivity contribution >= 4 is 18.3 Å². The van der Waals surface area contributed by atoms with E-state index in [1.54, 1.807) is 62.3 Å². The molecule has 1 saturated carbocycles. The number of rotatable bonds is 12. The van der Waals surface area contributed by atoms with Gasteiger partial charge in [-0.2, -0.15) is 0 Å². The summed E-state index contributed by atoms with van der Waals surface area (Å²) in [4.78, 5) is 39.9. The summed E-state index contributed by atoms with van der Waals surface area (Å²) in [6.07, 6.45) is -3.44. The maximum absolute atomic E-state index is 13.4. The van der Waals surface area contributed by atoms with Gasteiger partial charge in [0.05, 0.1) is 30.6 Å². The maximum Gasteiger partial charge on any atom is 0.410 e. The largest absolute Gasteiger partial charge is 0.493 e. The quantitative estimate of drug-likeness (QED) is 0.118. The summed E-state index contributed by atoms with van der Waals surface area (Å²) in [6.45, 7) is 23.9. The predicted octanol–water partition coefficient (Wildman–Crippen LogP) is 4.58. The van der Waals surface area contributed by atoms with E-state index in [9.17, 15) is 29.7 Å². The molecule has 0 radical (unpaired) electrons. The van der Waals surface area contributed by atoms with Crippen molar-refractivity contribution in [1.82, 2.24) is 20.9 Å². The second-order valence-electron chi connectivity index (χ2n) is 19.3. The number of carbonyl (C=O) groups excluding carboxylic acids is 3. The first kappa shape index (κ1) is 48.5. The van der Waals surface area contributed by atoms with Crippen molar-refractivity contribution in [3.05, 3.63) is 11.8 Å². The highest BCUT2D eigenvalue weighted by molar-refractivity contribution is 5.69. The second kappa shape index (κ2) is 19.4. The Kier molecular flexibility index (Phi) is 16.5. The van der Waals surface area contributed by atoms with Crippen LogP contribution in [0, 0.1) is 17.8 Å². The summed E-state index contributed by atoms with van der Waals surface area (Å²) < 4.78 is 35.8. The van der Waals surface area contributed by atoms with E-state index in [1.807, 2.05) is 26.8 Å². The van der Waals surface area contributed by atoms with Crippen LogP contribution in [0.1, 0.15) is 116 Å². The van der Waals surface area contributed by atoms with Crippen molar-refractivity contribution in [2.75, 3.05) is 26.7 Å². The van der Waals surface area contributed by atoms with Crippen molar-refractivity contribution in [2.45, 2.75) is 187 Å². The molecule has 2 heterocycles. The molecular formula is C41H74N4O12. The number of ether oxygens (including phenoxy) is 6. The highest BCUT2D eigenvalue weighted by Gasteiger charge is 2.56. The minimum absolute atomic E-state index is 0.0672. The van der Waals surface area contributed by atoms with Gasteiger partial charge >= 0.3 is 18.3 Å². The molecule has 3 amide bonds. The Balaban J connectivity index is 1.95. The summed E-state index contributed by atoms with van der Waals surface area (Å²) in [6, 6.07) is -2.11. The van der Waals surface area contributed by atoms with Gasteiger partial charge in [-0.1, -0.05) is 20.8 Å². The average molecular weight is 815 g/mol. The summed E-state index contributed by atoms with van der Waals surface area (Å²) in [5.74, 6) is -0.416. The van der Waals surface area contributed by atoms with Crippen LogP contribution in [0.25, 0.3) is 0 Å². The Bertz CT molecular complexity index is 1370. The number of alkyl carbamates (subject to hydrolysis) is 2. The molecular weight excluding hydrogens is 740 g/mol. The van der Waals surface area contributed by atoms with E-state index < -0.39 is 89.4 Å². The van der Waals surface area contributed by atoms with Crippen LogP contribution in [-0.4, -0.2) is 136 Å². The van der Waals surface area contributed by atoms with Gasteiger partial charge < -0.3 is 64.6 Å². The third kappa shape index (κ3) is 14.1. The van der Waals surface area contributed by atoms with Gasteiger partial charge in [-0.05, 0) is 113 Å². The number of allylic oxidation sites excluding steroid dienone is 1. The minimum atomic E-state index is -1.67. The lowest BCUT2D eigenvalue weighted by atomic mass is 9.67. The highest BCUT2D eigenvalue weighted by atomic mass is 16.7. The molecule has 11 atom stereocenters. The molecule has 0 spiro atoms. The van der Waals surface area contributed by atoms with Gasteiger partial charge in [0.2, 0.25) is 0 Å². The molecule has 0 bridgehead atoms. The number of likely N-dealkylation sites (N-methyl/N-ethyl adjacent to an activating group) is 1. The summed E-state index contributed by atoms with van der Waals surface area (Å²) in [5.41, 5.74) is -3.88. The van der Waals surface area contributed by atoms with Crippen molar-refractivity contribution in [2.24, 2.45) is 17.8 Å². The molecule has 2 aliphatic heterocycles. The number of nitrogens with zero attached hydrogens (tertiary/aromatic N) is 1. The summed E-state index contributed by atoms with van der Waals surface area (Å²) in [7, 11) is 1.44. The third-order valence-electron chi connectivity index (χ3n) is 10.3. The smallest absolute Gasteiger partial charge is 0.410 e. The highest BCUT2D eigenvalue weighted by Crippen LogP contribution is 2.43. The van der Waals surface area contributed by atoms with E-state index in [-0.39, 0.29) is 24.5 Å². The number of carbonyl (C=O) groups is 3. The van der Waals surface area contributed by atoms with Crippen molar-refractivity contribution in [3.8, 4) is 0 Å². The lowest BCUT2D eigenvalue weighted by molar-refractivity contribution is -0.311. The van der Waals surface area contributed by atoms with Crippen LogP contribution in [-0.2, 0) is 28.4 Å². The van der Waals surface area contributed by atoms with Crippen LogP contribution >= 0.6 is 0 Å². The van der Waals surface area contributed by atoms with Crippen molar-refractivity contribution in [1.29, 1.82) is 0 Å². The second-order valence-corrected chi connectivity index (χ2v) is 19.3. The van der Waals surface area contributed by atoms with Gasteiger partial charge in [0, 0.05) is 38.0 Å². The molecule has 3 aliphatic rings. The molecule has 330 valence electrons. The van der Waals surface area contributed by atoms with Crippen LogP contribution in [0.15, 0.2) is 11.8 Å². The third-order valence-corrected chi connectivity index (χ3v) is 10.3. The van der Waals surface area contributed by atoms with Crippen LogP contribution in [0.2, 0.25) is 0 Å². The lowest BCUT2D eigenvalue weighted by Gasteiger charge is -2.53. The molecule has 1 saturated heterocycles. The maximum atomic E-state index is 13.4. The average Bonchev–Trinajstić information content (AvgIpc) is 3.04. The molecule has 57 heavy (non-hydrogen) atoms. The molecule has 0 aromatic rings. The Morgan fingerprint density at radius 2 is 1.53 bits per heavy atom.